The van der Waals surface area contributed by atoms with Crippen molar-refractivity contribution >= 4 is 11.6 Å². The van der Waals surface area contributed by atoms with Gasteiger partial charge in [-0.3, -0.25) is 0 Å². The molecule has 4 rings (SSSR count). The molecule has 4 nitrogen and oxygen atoms in total. The van der Waals surface area contributed by atoms with Gasteiger partial charge < -0.3 is 10.2 Å². The van der Waals surface area contributed by atoms with Crippen LogP contribution in [0, 0.1) is 0 Å². The number of hydrogen-bond acceptors (Lipinski definition) is 4. The van der Waals surface area contributed by atoms with Gasteiger partial charge in [0, 0.05) is 30.6 Å². The van der Waals surface area contributed by atoms with Crippen molar-refractivity contribution in [1.82, 2.24) is 9.97 Å². The Kier molecular flexibility index (Phi) is 3.91. The zero-order valence-corrected chi connectivity index (χ0v) is 14.8. The van der Waals surface area contributed by atoms with Gasteiger partial charge in [0.25, 0.3) is 0 Å². The largest absolute Gasteiger partial charge is 0.367 e. The molecule has 1 aliphatic heterocycles. The lowest BCUT2D eigenvalue weighted by atomic mass is 9.95. The molecule has 0 spiro atoms. The maximum absolute atomic E-state index is 4.88. The van der Waals surface area contributed by atoms with Crippen molar-refractivity contribution in [3.63, 3.8) is 0 Å². The molecule has 0 unspecified atom stereocenters. The first-order valence-corrected chi connectivity index (χ1v) is 9.09. The third-order valence-corrected chi connectivity index (χ3v) is 4.98. The van der Waals surface area contributed by atoms with Crippen molar-refractivity contribution in [2.45, 2.75) is 64.6 Å². The Balaban J connectivity index is 1.68. The first-order valence-electron chi connectivity index (χ1n) is 9.09. The van der Waals surface area contributed by atoms with Crippen molar-refractivity contribution in [3.05, 3.63) is 47.3 Å². The molecule has 2 aromatic rings. The van der Waals surface area contributed by atoms with Gasteiger partial charge >= 0.3 is 0 Å². The molecule has 24 heavy (non-hydrogen) atoms. The monoisotopic (exact) mass is 322 g/mol. The summed E-state index contributed by atoms with van der Waals surface area (Å²) in [5.74, 6) is 3.30. The number of hydrogen-bond donors (Lipinski definition) is 1. The van der Waals surface area contributed by atoms with E-state index in [1.54, 1.807) is 0 Å². The normalized spacial score (nSPS) is 20.2. The average Bonchev–Trinajstić information content (AvgIpc) is 3.37. The number of aromatic nitrogens is 2. The molecule has 0 bridgehead atoms. The maximum atomic E-state index is 4.88. The second-order valence-electron chi connectivity index (χ2n) is 7.49. The predicted molar refractivity (Wildman–Crippen MR) is 98.6 cm³/mol. The van der Waals surface area contributed by atoms with Crippen molar-refractivity contribution in [3.8, 4) is 0 Å². The summed E-state index contributed by atoms with van der Waals surface area (Å²) in [6.45, 7) is 7.54. The standard InChI is InChI=1S/C20H26N4/c1-13(2)20-22-18(21-17-8-9-17)11-19(23-20)24-12-16-7-5-4-6-15(16)10-14(24)3/h4-7,11,13-14,17H,8-10,12H2,1-3H3,(H,21,22,23)/t14-/m0/s1. The van der Waals surface area contributed by atoms with Crippen LogP contribution in [0.2, 0.25) is 0 Å². The minimum atomic E-state index is 0.331. The molecule has 4 heteroatoms. The molecular weight excluding hydrogens is 296 g/mol. The minimum absolute atomic E-state index is 0.331. The summed E-state index contributed by atoms with van der Waals surface area (Å²) in [5.41, 5.74) is 2.88. The van der Waals surface area contributed by atoms with Gasteiger partial charge in [-0.2, -0.15) is 0 Å². The zero-order chi connectivity index (χ0) is 16.7. The summed E-state index contributed by atoms with van der Waals surface area (Å²) in [6, 6.07) is 11.9. The molecule has 2 aliphatic rings. The lowest BCUT2D eigenvalue weighted by Crippen LogP contribution is -2.39. The van der Waals surface area contributed by atoms with Gasteiger partial charge in [0.05, 0.1) is 0 Å². The maximum Gasteiger partial charge on any atom is 0.135 e. The van der Waals surface area contributed by atoms with E-state index in [0.717, 1.165) is 30.4 Å². The molecule has 0 saturated heterocycles. The molecule has 126 valence electrons. The highest BCUT2D eigenvalue weighted by Crippen LogP contribution is 2.31. The molecule has 0 amide bonds. The molecule has 1 N–H and O–H groups in total. The summed E-state index contributed by atoms with van der Waals surface area (Å²) in [6.07, 6.45) is 3.58. The van der Waals surface area contributed by atoms with E-state index in [2.05, 4.69) is 61.3 Å². The van der Waals surface area contributed by atoms with E-state index in [-0.39, 0.29) is 0 Å². The Labute approximate surface area is 144 Å². The van der Waals surface area contributed by atoms with E-state index < -0.39 is 0 Å². The summed E-state index contributed by atoms with van der Waals surface area (Å²) >= 11 is 0. The van der Waals surface area contributed by atoms with Crippen molar-refractivity contribution in [2.75, 3.05) is 10.2 Å². The molecule has 1 fully saturated rings. The molecule has 1 saturated carbocycles. The van der Waals surface area contributed by atoms with Crippen LogP contribution >= 0.6 is 0 Å². The third kappa shape index (κ3) is 3.10. The lowest BCUT2D eigenvalue weighted by molar-refractivity contribution is 0.583. The van der Waals surface area contributed by atoms with Crippen LogP contribution in [0.15, 0.2) is 30.3 Å². The molecule has 1 aromatic heterocycles. The lowest BCUT2D eigenvalue weighted by Gasteiger charge is -2.36. The van der Waals surface area contributed by atoms with Crippen LogP contribution in [0.25, 0.3) is 0 Å². The van der Waals surface area contributed by atoms with E-state index >= 15 is 0 Å². The van der Waals surface area contributed by atoms with Crippen molar-refractivity contribution in [1.29, 1.82) is 0 Å². The Morgan fingerprint density at radius 2 is 1.88 bits per heavy atom. The van der Waals surface area contributed by atoms with Crippen LogP contribution in [-0.4, -0.2) is 22.1 Å². The number of anilines is 2. The van der Waals surface area contributed by atoms with Crippen LogP contribution in [0.5, 0.6) is 0 Å². The Morgan fingerprint density at radius 3 is 2.58 bits per heavy atom. The fraction of sp³-hybridized carbons (Fsp3) is 0.500. The van der Waals surface area contributed by atoms with E-state index in [1.807, 2.05) is 0 Å². The molecular formula is C20H26N4. The van der Waals surface area contributed by atoms with Crippen LogP contribution in [0.3, 0.4) is 0 Å². The van der Waals surface area contributed by atoms with Gasteiger partial charge in [-0.25, -0.2) is 9.97 Å². The Bertz CT molecular complexity index is 736. The molecule has 2 heterocycles. The third-order valence-electron chi connectivity index (χ3n) is 4.98. The van der Waals surface area contributed by atoms with E-state index in [1.165, 1.54) is 24.0 Å². The van der Waals surface area contributed by atoms with Gasteiger partial charge in [0.15, 0.2) is 0 Å². The molecule has 1 atom stereocenters. The van der Waals surface area contributed by atoms with Gasteiger partial charge in [0.2, 0.25) is 0 Å². The first-order chi connectivity index (χ1) is 11.6. The number of rotatable bonds is 4. The quantitative estimate of drug-likeness (QED) is 0.919. The fourth-order valence-corrected chi connectivity index (χ4v) is 3.35. The Morgan fingerprint density at radius 1 is 1.12 bits per heavy atom. The minimum Gasteiger partial charge on any atom is -0.367 e. The van der Waals surface area contributed by atoms with Gasteiger partial charge in [-0.1, -0.05) is 38.1 Å². The van der Waals surface area contributed by atoms with E-state index in [0.29, 0.717) is 18.0 Å². The Hall–Kier alpha value is -2.10. The highest BCUT2D eigenvalue weighted by atomic mass is 15.2. The first kappa shape index (κ1) is 15.4. The van der Waals surface area contributed by atoms with Gasteiger partial charge in [-0.15, -0.1) is 0 Å². The topological polar surface area (TPSA) is 41.1 Å². The summed E-state index contributed by atoms with van der Waals surface area (Å²) in [5, 5.41) is 3.55. The smallest absolute Gasteiger partial charge is 0.135 e. The second kappa shape index (κ2) is 6.08. The highest BCUT2D eigenvalue weighted by molar-refractivity contribution is 5.53. The van der Waals surface area contributed by atoms with E-state index in [9.17, 15) is 0 Å². The van der Waals surface area contributed by atoms with Crippen LogP contribution in [0.1, 0.15) is 56.5 Å². The summed E-state index contributed by atoms with van der Waals surface area (Å²) < 4.78 is 0. The van der Waals surface area contributed by atoms with Gasteiger partial charge in [-0.05, 0) is 37.3 Å². The highest BCUT2D eigenvalue weighted by Gasteiger charge is 2.26. The van der Waals surface area contributed by atoms with Crippen molar-refractivity contribution < 1.29 is 0 Å². The second-order valence-corrected chi connectivity index (χ2v) is 7.49. The number of nitrogens with one attached hydrogen (secondary N) is 1. The van der Waals surface area contributed by atoms with Crippen LogP contribution in [0.4, 0.5) is 11.6 Å². The molecule has 1 aliphatic carbocycles. The fourth-order valence-electron chi connectivity index (χ4n) is 3.35. The predicted octanol–water partition coefficient (Wildman–Crippen LogP) is 4.13. The van der Waals surface area contributed by atoms with Crippen LogP contribution in [-0.2, 0) is 13.0 Å². The summed E-state index contributed by atoms with van der Waals surface area (Å²) in [7, 11) is 0. The number of nitrogens with zero attached hydrogens (tertiary/aromatic N) is 3. The molecule has 1 aromatic carbocycles. The number of benzene rings is 1. The SMILES string of the molecule is CC(C)c1nc(NC2CC2)cc(N2Cc3ccccc3C[C@@H]2C)n1. The summed E-state index contributed by atoms with van der Waals surface area (Å²) in [4.78, 5) is 12.0. The van der Waals surface area contributed by atoms with E-state index in [4.69, 9.17) is 9.97 Å². The zero-order valence-electron chi connectivity index (χ0n) is 14.8. The molecule has 0 radical (unpaired) electrons. The van der Waals surface area contributed by atoms with Crippen LogP contribution < -0.4 is 10.2 Å². The van der Waals surface area contributed by atoms with Gasteiger partial charge in [0.1, 0.15) is 17.5 Å². The average molecular weight is 322 g/mol. The number of fused-ring (bicyclic) bond motifs is 1. The van der Waals surface area contributed by atoms with Crippen molar-refractivity contribution in [2.24, 2.45) is 0 Å².